The summed E-state index contributed by atoms with van der Waals surface area (Å²) in [4.78, 5) is 15.9. The second kappa shape index (κ2) is 7.95. The van der Waals surface area contributed by atoms with Crippen LogP contribution < -0.4 is 10.1 Å². The minimum Gasteiger partial charge on any atom is -0.477 e. The summed E-state index contributed by atoms with van der Waals surface area (Å²) in [6.07, 6.45) is 2.09. The fraction of sp³-hybridized carbons (Fsp3) is 0.600. The van der Waals surface area contributed by atoms with Crippen LogP contribution in [0.25, 0.3) is 0 Å². The van der Waals surface area contributed by atoms with E-state index in [1.807, 2.05) is 0 Å². The van der Waals surface area contributed by atoms with Crippen LogP contribution in [0.3, 0.4) is 0 Å². The molecule has 1 unspecified atom stereocenters. The zero-order valence-corrected chi connectivity index (χ0v) is 12.8. The summed E-state index contributed by atoms with van der Waals surface area (Å²) in [7, 11) is 0. The topological polar surface area (TPSA) is 91.7 Å². The average Bonchev–Trinajstić information content (AvgIpc) is 2.44. The molecule has 0 radical (unpaired) electrons. The molecule has 0 aliphatic heterocycles. The minimum absolute atomic E-state index is 0.182. The van der Waals surface area contributed by atoms with Crippen LogP contribution >= 0.6 is 0 Å². The third-order valence-corrected chi connectivity index (χ3v) is 2.96. The summed E-state index contributed by atoms with van der Waals surface area (Å²) in [6.45, 7) is 5.57. The van der Waals surface area contributed by atoms with E-state index in [2.05, 4.69) is 17.2 Å². The lowest BCUT2D eigenvalue weighted by molar-refractivity contribution is -0.141. The van der Waals surface area contributed by atoms with Gasteiger partial charge in [0.15, 0.2) is 6.10 Å². The van der Waals surface area contributed by atoms with Crippen molar-refractivity contribution in [2.24, 2.45) is 0 Å². The molecule has 21 heavy (non-hydrogen) atoms. The molecule has 0 fully saturated rings. The molecule has 3 N–H and O–H groups in total. The molecule has 1 atom stereocenters. The van der Waals surface area contributed by atoms with Crippen LogP contribution in [0.5, 0.6) is 5.88 Å². The number of hydrogen-bond acceptors (Lipinski definition) is 5. The number of amides is 1. The Morgan fingerprint density at radius 2 is 2.24 bits per heavy atom. The highest BCUT2D eigenvalue weighted by Gasteiger charge is 2.31. The SMILES string of the molecule is CCCCOc1ncccc1CNC(=O)C(O)C(C)(C)O. The third-order valence-electron chi connectivity index (χ3n) is 2.96. The number of hydrogen-bond donors (Lipinski definition) is 3. The van der Waals surface area contributed by atoms with E-state index in [0.29, 0.717) is 12.5 Å². The van der Waals surface area contributed by atoms with Crippen molar-refractivity contribution in [3.8, 4) is 5.88 Å². The van der Waals surface area contributed by atoms with Gasteiger partial charge < -0.3 is 20.3 Å². The molecule has 1 heterocycles. The normalized spacial score (nSPS) is 12.8. The monoisotopic (exact) mass is 296 g/mol. The number of pyridine rings is 1. The maximum absolute atomic E-state index is 11.8. The maximum atomic E-state index is 11.8. The van der Waals surface area contributed by atoms with Gasteiger partial charge in [-0.15, -0.1) is 0 Å². The zero-order chi connectivity index (χ0) is 15.9. The summed E-state index contributed by atoms with van der Waals surface area (Å²) in [5, 5.41) is 21.8. The van der Waals surface area contributed by atoms with E-state index in [0.717, 1.165) is 18.4 Å². The highest BCUT2D eigenvalue weighted by atomic mass is 16.5. The number of nitrogens with zero attached hydrogens (tertiary/aromatic N) is 1. The Morgan fingerprint density at radius 1 is 1.52 bits per heavy atom. The van der Waals surface area contributed by atoms with Gasteiger partial charge in [-0.2, -0.15) is 0 Å². The van der Waals surface area contributed by atoms with Crippen LogP contribution in [-0.2, 0) is 11.3 Å². The lowest BCUT2D eigenvalue weighted by Gasteiger charge is -2.23. The molecule has 0 aliphatic carbocycles. The van der Waals surface area contributed by atoms with Gasteiger partial charge >= 0.3 is 0 Å². The molecule has 6 heteroatoms. The summed E-state index contributed by atoms with van der Waals surface area (Å²) in [5.41, 5.74) is -0.760. The van der Waals surface area contributed by atoms with Crippen LogP contribution in [0.15, 0.2) is 18.3 Å². The first kappa shape index (κ1) is 17.4. The number of carbonyl (C=O) groups is 1. The molecule has 0 saturated heterocycles. The number of unbranched alkanes of at least 4 members (excludes halogenated alkanes) is 1. The molecule has 0 spiro atoms. The van der Waals surface area contributed by atoms with Crippen molar-refractivity contribution in [3.05, 3.63) is 23.9 Å². The molecule has 0 bridgehead atoms. The summed E-state index contributed by atoms with van der Waals surface area (Å²) in [5.74, 6) is -0.158. The van der Waals surface area contributed by atoms with Gasteiger partial charge in [-0.1, -0.05) is 19.4 Å². The molecule has 1 rings (SSSR count). The van der Waals surface area contributed by atoms with Crippen molar-refractivity contribution < 1.29 is 19.7 Å². The number of nitrogens with one attached hydrogen (secondary N) is 1. The summed E-state index contributed by atoms with van der Waals surface area (Å²) in [6, 6.07) is 3.55. The second-order valence-corrected chi connectivity index (χ2v) is 5.44. The van der Waals surface area contributed by atoms with E-state index in [1.54, 1.807) is 18.3 Å². The van der Waals surface area contributed by atoms with Gasteiger partial charge in [0.1, 0.15) is 0 Å². The molecule has 1 aromatic rings. The predicted molar refractivity (Wildman–Crippen MR) is 78.8 cm³/mol. The molecule has 118 valence electrons. The van der Waals surface area contributed by atoms with Crippen molar-refractivity contribution in [1.82, 2.24) is 10.3 Å². The van der Waals surface area contributed by atoms with Gasteiger partial charge in [-0.25, -0.2) is 4.98 Å². The molecule has 1 amide bonds. The minimum atomic E-state index is -1.49. The van der Waals surface area contributed by atoms with Crippen molar-refractivity contribution >= 4 is 5.91 Å². The molecular formula is C15H24N2O4. The van der Waals surface area contributed by atoms with Gasteiger partial charge in [0, 0.05) is 18.3 Å². The fourth-order valence-electron chi connectivity index (χ4n) is 1.60. The largest absolute Gasteiger partial charge is 0.477 e. The van der Waals surface area contributed by atoms with E-state index in [-0.39, 0.29) is 6.54 Å². The van der Waals surface area contributed by atoms with Gasteiger partial charge in [0.2, 0.25) is 5.88 Å². The number of aliphatic hydroxyl groups is 2. The Morgan fingerprint density at radius 3 is 2.86 bits per heavy atom. The maximum Gasteiger partial charge on any atom is 0.252 e. The van der Waals surface area contributed by atoms with Crippen molar-refractivity contribution in [3.63, 3.8) is 0 Å². The first-order chi connectivity index (χ1) is 9.86. The smallest absolute Gasteiger partial charge is 0.252 e. The van der Waals surface area contributed by atoms with Crippen LogP contribution in [0.2, 0.25) is 0 Å². The van der Waals surface area contributed by atoms with Crippen molar-refractivity contribution in [2.75, 3.05) is 6.61 Å². The fourth-order valence-corrected chi connectivity index (χ4v) is 1.60. The van der Waals surface area contributed by atoms with Crippen LogP contribution in [0.4, 0.5) is 0 Å². The number of carbonyl (C=O) groups excluding carboxylic acids is 1. The van der Waals surface area contributed by atoms with E-state index in [9.17, 15) is 15.0 Å². The Kier molecular flexibility index (Phi) is 6.58. The Bertz CT molecular complexity index is 457. The van der Waals surface area contributed by atoms with Crippen molar-refractivity contribution in [1.29, 1.82) is 0 Å². The Hall–Kier alpha value is -1.66. The Labute approximate surface area is 125 Å². The number of ether oxygens (including phenoxy) is 1. The number of rotatable bonds is 8. The molecule has 0 saturated carbocycles. The molecule has 0 aliphatic rings. The van der Waals surface area contributed by atoms with Crippen LogP contribution in [-0.4, -0.2) is 39.4 Å². The van der Waals surface area contributed by atoms with E-state index in [4.69, 9.17) is 4.74 Å². The summed E-state index contributed by atoms with van der Waals surface area (Å²) < 4.78 is 5.56. The summed E-state index contributed by atoms with van der Waals surface area (Å²) >= 11 is 0. The molecule has 1 aromatic heterocycles. The van der Waals surface area contributed by atoms with E-state index < -0.39 is 17.6 Å². The standard InChI is InChI=1S/C15H24N2O4/c1-4-5-9-21-14-11(7-6-8-16-14)10-17-13(19)12(18)15(2,3)20/h6-8,12,18,20H,4-5,9-10H2,1-3H3,(H,17,19). The van der Waals surface area contributed by atoms with Crippen molar-refractivity contribution in [2.45, 2.75) is 51.9 Å². The lowest BCUT2D eigenvalue weighted by atomic mass is 10.0. The third kappa shape index (κ3) is 5.69. The molecule has 6 nitrogen and oxygen atoms in total. The second-order valence-electron chi connectivity index (χ2n) is 5.44. The lowest BCUT2D eigenvalue weighted by Crippen LogP contribution is -2.47. The van der Waals surface area contributed by atoms with Gasteiger partial charge in [0.05, 0.1) is 12.2 Å². The zero-order valence-electron chi connectivity index (χ0n) is 12.8. The van der Waals surface area contributed by atoms with Gasteiger partial charge in [-0.3, -0.25) is 4.79 Å². The highest BCUT2D eigenvalue weighted by molar-refractivity contribution is 5.81. The molecule has 0 aromatic carbocycles. The van der Waals surface area contributed by atoms with E-state index in [1.165, 1.54) is 13.8 Å². The van der Waals surface area contributed by atoms with Crippen LogP contribution in [0.1, 0.15) is 39.2 Å². The first-order valence-corrected chi connectivity index (χ1v) is 7.11. The number of aromatic nitrogens is 1. The average molecular weight is 296 g/mol. The van der Waals surface area contributed by atoms with E-state index >= 15 is 0 Å². The first-order valence-electron chi connectivity index (χ1n) is 7.11. The highest BCUT2D eigenvalue weighted by Crippen LogP contribution is 2.15. The predicted octanol–water partition coefficient (Wildman–Crippen LogP) is 1.01. The van der Waals surface area contributed by atoms with Crippen LogP contribution in [0, 0.1) is 0 Å². The molecular weight excluding hydrogens is 272 g/mol. The Balaban J connectivity index is 2.61. The quantitative estimate of drug-likeness (QED) is 0.623. The van der Waals surface area contributed by atoms with Gasteiger partial charge in [-0.05, 0) is 26.3 Å². The van der Waals surface area contributed by atoms with Gasteiger partial charge in [0.25, 0.3) is 5.91 Å². The number of aliphatic hydroxyl groups excluding tert-OH is 1.